The molecule has 27 heavy (non-hydrogen) atoms. The minimum atomic E-state index is -4.48. The topological polar surface area (TPSA) is 69.7 Å². The third-order valence-corrected chi connectivity index (χ3v) is 5.26. The van der Waals surface area contributed by atoms with Crippen LogP contribution in [0.3, 0.4) is 0 Å². The van der Waals surface area contributed by atoms with Gasteiger partial charge in [-0.1, -0.05) is 17.7 Å². The summed E-state index contributed by atoms with van der Waals surface area (Å²) in [5.74, 6) is -2.03. The van der Waals surface area contributed by atoms with Gasteiger partial charge in [-0.25, -0.2) is 0 Å². The highest BCUT2D eigenvalue weighted by atomic mass is 19.4. The Balaban J connectivity index is 2.04. The summed E-state index contributed by atoms with van der Waals surface area (Å²) < 4.78 is 47.8. The molecule has 0 aromatic heterocycles. The molecule has 0 bridgehead atoms. The van der Waals surface area contributed by atoms with E-state index in [1.54, 1.807) is 0 Å². The summed E-state index contributed by atoms with van der Waals surface area (Å²) in [6, 6.07) is 4.29. The van der Waals surface area contributed by atoms with Crippen LogP contribution in [0.25, 0.3) is 5.57 Å². The lowest BCUT2D eigenvalue weighted by Gasteiger charge is -2.23. The SMILES string of the molecule is COC(=O)C1(C(=O)OC)CC2=C(c3ccc(C(F)(F)F)cc3)C(=O)CC2C1. The van der Waals surface area contributed by atoms with Crippen molar-refractivity contribution in [2.45, 2.75) is 25.4 Å². The monoisotopic (exact) mass is 382 g/mol. The Labute approximate surface area is 153 Å². The van der Waals surface area contributed by atoms with Gasteiger partial charge >= 0.3 is 18.1 Å². The number of esters is 2. The highest BCUT2D eigenvalue weighted by Crippen LogP contribution is 2.54. The highest BCUT2D eigenvalue weighted by Gasteiger charge is 2.58. The van der Waals surface area contributed by atoms with Crippen molar-refractivity contribution in [3.63, 3.8) is 0 Å². The van der Waals surface area contributed by atoms with Crippen LogP contribution in [-0.4, -0.2) is 31.9 Å². The van der Waals surface area contributed by atoms with E-state index in [0.29, 0.717) is 11.1 Å². The van der Waals surface area contributed by atoms with E-state index >= 15 is 0 Å². The number of ether oxygens (including phenoxy) is 2. The molecular formula is C19H17F3O5. The minimum absolute atomic E-state index is 0.0426. The van der Waals surface area contributed by atoms with Crippen molar-refractivity contribution >= 4 is 23.3 Å². The van der Waals surface area contributed by atoms with Crippen LogP contribution in [-0.2, 0) is 30.0 Å². The maximum absolute atomic E-state index is 12.8. The van der Waals surface area contributed by atoms with Crippen LogP contribution in [0.5, 0.6) is 0 Å². The van der Waals surface area contributed by atoms with Crippen LogP contribution in [0.4, 0.5) is 13.2 Å². The average Bonchev–Trinajstić information content (AvgIpc) is 3.13. The molecule has 1 unspecified atom stereocenters. The highest BCUT2D eigenvalue weighted by molar-refractivity contribution is 6.24. The molecule has 144 valence electrons. The second-order valence-corrected chi connectivity index (χ2v) is 6.75. The standard InChI is InChI=1S/C19H17F3O5/c1-26-16(24)18(17(25)27-2)8-11-7-14(23)15(13(11)9-18)10-3-5-12(6-4-10)19(20,21)22/h3-6,11H,7-9H2,1-2H3. The number of benzene rings is 1. The van der Waals surface area contributed by atoms with Gasteiger partial charge < -0.3 is 9.47 Å². The van der Waals surface area contributed by atoms with E-state index in [9.17, 15) is 27.6 Å². The van der Waals surface area contributed by atoms with Gasteiger partial charge in [-0.2, -0.15) is 13.2 Å². The number of allylic oxidation sites excluding steroid dienone is 2. The first kappa shape index (κ1) is 19.1. The Morgan fingerprint density at radius 2 is 1.63 bits per heavy atom. The summed E-state index contributed by atoms with van der Waals surface area (Å²) in [6.45, 7) is 0. The predicted octanol–water partition coefficient (Wildman–Crippen LogP) is 3.17. The van der Waals surface area contributed by atoms with Crippen molar-refractivity contribution in [1.82, 2.24) is 0 Å². The van der Waals surface area contributed by atoms with Crippen molar-refractivity contribution in [3.05, 3.63) is 41.0 Å². The molecule has 0 heterocycles. The minimum Gasteiger partial charge on any atom is -0.468 e. The molecule has 0 amide bonds. The third-order valence-electron chi connectivity index (χ3n) is 5.26. The van der Waals surface area contributed by atoms with Crippen molar-refractivity contribution in [3.8, 4) is 0 Å². The number of carbonyl (C=O) groups is 3. The molecule has 1 saturated carbocycles. The smallest absolute Gasteiger partial charge is 0.416 e. The summed E-state index contributed by atoms with van der Waals surface area (Å²) in [4.78, 5) is 37.0. The van der Waals surface area contributed by atoms with Crippen LogP contribution >= 0.6 is 0 Å². The number of methoxy groups -OCH3 is 2. The number of halogens is 3. The molecule has 0 radical (unpaired) electrons. The number of hydrogen-bond acceptors (Lipinski definition) is 5. The van der Waals surface area contributed by atoms with Gasteiger partial charge in [0.15, 0.2) is 11.2 Å². The fraction of sp³-hybridized carbons (Fsp3) is 0.421. The molecule has 2 aliphatic carbocycles. The molecule has 0 N–H and O–H groups in total. The Morgan fingerprint density at radius 3 is 2.11 bits per heavy atom. The van der Waals surface area contributed by atoms with E-state index in [2.05, 4.69) is 0 Å². The number of Topliss-reactive ketones (excluding diaryl/α,β-unsaturated/α-hetero) is 1. The van der Waals surface area contributed by atoms with Crippen LogP contribution < -0.4 is 0 Å². The number of fused-ring (bicyclic) bond motifs is 1. The van der Waals surface area contributed by atoms with Crippen molar-refractivity contribution < 1.29 is 37.0 Å². The van der Waals surface area contributed by atoms with Gasteiger partial charge in [-0.15, -0.1) is 0 Å². The van der Waals surface area contributed by atoms with E-state index in [0.717, 1.165) is 26.4 Å². The molecule has 1 aromatic carbocycles. The van der Waals surface area contributed by atoms with Gasteiger partial charge in [0.2, 0.25) is 0 Å². The molecule has 1 atom stereocenters. The zero-order chi connectivity index (χ0) is 20.0. The van der Waals surface area contributed by atoms with E-state index in [1.165, 1.54) is 12.1 Å². The molecule has 8 heteroatoms. The quantitative estimate of drug-likeness (QED) is 0.593. The van der Waals surface area contributed by atoms with Crippen molar-refractivity contribution in [1.29, 1.82) is 0 Å². The van der Waals surface area contributed by atoms with Crippen LogP contribution in [0, 0.1) is 11.3 Å². The molecule has 0 spiro atoms. The summed E-state index contributed by atoms with van der Waals surface area (Å²) >= 11 is 0. The Hall–Kier alpha value is -2.64. The van der Waals surface area contributed by atoms with E-state index in [-0.39, 0.29) is 36.5 Å². The maximum atomic E-state index is 12.8. The molecule has 2 aliphatic rings. The second-order valence-electron chi connectivity index (χ2n) is 6.75. The first-order valence-corrected chi connectivity index (χ1v) is 8.24. The number of rotatable bonds is 3. The summed E-state index contributed by atoms with van der Waals surface area (Å²) in [5, 5.41) is 0. The molecular weight excluding hydrogens is 365 g/mol. The molecule has 5 nitrogen and oxygen atoms in total. The van der Waals surface area contributed by atoms with E-state index in [1.807, 2.05) is 0 Å². The lowest BCUT2D eigenvalue weighted by Crippen LogP contribution is -2.39. The fourth-order valence-electron chi connectivity index (χ4n) is 4.04. The zero-order valence-corrected chi connectivity index (χ0v) is 14.7. The van der Waals surface area contributed by atoms with Crippen LogP contribution in [0.2, 0.25) is 0 Å². The summed E-state index contributed by atoms with van der Waals surface area (Å²) in [7, 11) is 2.33. The first-order chi connectivity index (χ1) is 12.6. The van der Waals surface area contributed by atoms with Gasteiger partial charge in [-0.3, -0.25) is 14.4 Å². The summed E-state index contributed by atoms with van der Waals surface area (Å²) in [5.41, 5.74) is -1.12. The zero-order valence-electron chi connectivity index (χ0n) is 14.7. The average molecular weight is 382 g/mol. The number of carbonyl (C=O) groups excluding carboxylic acids is 3. The van der Waals surface area contributed by atoms with Gasteiger partial charge in [-0.05, 0) is 36.5 Å². The van der Waals surface area contributed by atoms with Crippen LogP contribution in [0.1, 0.15) is 30.4 Å². The molecule has 0 aliphatic heterocycles. The molecule has 0 saturated heterocycles. The Bertz CT molecular complexity index is 820. The number of ketones is 1. The lowest BCUT2D eigenvalue weighted by molar-refractivity contribution is -0.168. The molecule has 1 fully saturated rings. The van der Waals surface area contributed by atoms with Gasteiger partial charge in [0.1, 0.15) is 0 Å². The van der Waals surface area contributed by atoms with Crippen molar-refractivity contribution in [2.75, 3.05) is 14.2 Å². The van der Waals surface area contributed by atoms with Crippen LogP contribution in [0.15, 0.2) is 29.8 Å². The predicted molar refractivity (Wildman–Crippen MR) is 87.2 cm³/mol. The largest absolute Gasteiger partial charge is 0.468 e. The molecule has 3 rings (SSSR count). The molecule has 1 aromatic rings. The Morgan fingerprint density at radius 1 is 1.07 bits per heavy atom. The maximum Gasteiger partial charge on any atom is 0.416 e. The van der Waals surface area contributed by atoms with Gasteiger partial charge in [0.25, 0.3) is 0 Å². The van der Waals surface area contributed by atoms with Gasteiger partial charge in [0.05, 0.1) is 19.8 Å². The number of hydrogen-bond donors (Lipinski definition) is 0. The second kappa shape index (κ2) is 6.51. The third kappa shape index (κ3) is 3.02. The fourth-order valence-corrected chi connectivity index (χ4v) is 4.04. The normalized spacial score (nSPS) is 21.2. The van der Waals surface area contributed by atoms with E-state index in [4.69, 9.17) is 9.47 Å². The first-order valence-electron chi connectivity index (χ1n) is 8.24. The Kier molecular flexibility index (Phi) is 4.61. The van der Waals surface area contributed by atoms with E-state index < -0.39 is 29.1 Å². The number of alkyl halides is 3. The summed E-state index contributed by atoms with van der Waals surface area (Å²) in [6.07, 6.45) is -4.34. The van der Waals surface area contributed by atoms with Gasteiger partial charge in [0, 0.05) is 12.0 Å². The van der Waals surface area contributed by atoms with Crippen molar-refractivity contribution in [2.24, 2.45) is 11.3 Å². The lowest BCUT2D eigenvalue weighted by atomic mass is 9.83.